The highest BCUT2D eigenvalue weighted by atomic mass is 32.1. The number of thiophene rings is 2. The number of aliphatic imine (C=N–C) groups is 1. The molecule has 0 aliphatic rings. The second kappa shape index (κ2) is 16.7. The van der Waals surface area contributed by atoms with E-state index in [0.717, 1.165) is 39.5 Å². The summed E-state index contributed by atoms with van der Waals surface area (Å²) < 4.78 is 5.14. The van der Waals surface area contributed by atoms with Crippen LogP contribution in [0, 0.1) is 12.3 Å². The predicted molar refractivity (Wildman–Crippen MR) is 242 cm³/mol. The van der Waals surface area contributed by atoms with E-state index in [1.54, 1.807) is 11.3 Å². The summed E-state index contributed by atoms with van der Waals surface area (Å²) in [6.07, 6.45) is 0. The molecule has 56 heavy (non-hydrogen) atoms. The van der Waals surface area contributed by atoms with Crippen LogP contribution in [0.25, 0.3) is 63.0 Å². The number of nitrogens with zero attached hydrogens (tertiary/aromatic N) is 3. The van der Waals surface area contributed by atoms with Crippen LogP contribution in [-0.2, 0) is 0 Å². The van der Waals surface area contributed by atoms with Crippen molar-refractivity contribution in [3.05, 3.63) is 193 Å². The Balaban J connectivity index is 0.000000130. The molecule has 5 nitrogen and oxygen atoms in total. The molecule has 0 amide bonds. The lowest BCUT2D eigenvalue weighted by Gasteiger charge is -2.09. The third-order valence-electron chi connectivity index (χ3n) is 9.29. The monoisotopic (exact) mass is 759 g/mol. The van der Waals surface area contributed by atoms with E-state index in [2.05, 4.69) is 144 Å². The molecule has 7 heteroatoms. The van der Waals surface area contributed by atoms with Crippen molar-refractivity contribution in [2.45, 2.75) is 6.92 Å². The van der Waals surface area contributed by atoms with E-state index in [4.69, 9.17) is 10.4 Å². The Morgan fingerprint density at radius 3 is 1.82 bits per heavy atom. The van der Waals surface area contributed by atoms with Gasteiger partial charge < -0.3 is 5.32 Å². The van der Waals surface area contributed by atoms with E-state index < -0.39 is 0 Å². The van der Waals surface area contributed by atoms with Crippen LogP contribution in [0.2, 0.25) is 0 Å². The topological polar surface area (TPSA) is 74.0 Å². The number of nitrogens with one attached hydrogen (secondary N) is 2. The molecular weight excluding hydrogens is 723 g/mol. The van der Waals surface area contributed by atoms with Crippen LogP contribution in [-0.4, -0.2) is 22.5 Å². The molecule has 10 aromatic rings. The van der Waals surface area contributed by atoms with Gasteiger partial charge in [0.2, 0.25) is 0 Å². The summed E-state index contributed by atoms with van der Waals surface area (Å²) in [6.45, 7) is 5.32. The minimum atomic E-state index is 0.223. The van der Waals surface area contributed by atoms with Crippen molar-refractivity contribution >= 4 is 87.1 Å². The highest BCUT2D eigenvalue weighted by molar-refractivity contribution is 7.26. The molecule has 0 atom stereocenters. The van der Waals surface area contributed by atoms with Crippen LogP contribution in [0.4, 0.5) is 11.4 Å². The van der Waals surface area contributed by atoms with Gasteiger partial charge in [0.15, 0.2) is 11.7 Å². The first kappa shape index (κ1) is 36.2. The van der Waals surface area contributed by atoms with Gasteiger partial charge in [0.05, 0.1) is 15.9 Å². The summed E-state index contributed by atoms with van der Waals surface area (Å²) in [7, 11) is 0. The summed E-state index contributed by atoms with van der Waals surface area (Å²) in [5.41, 5.74) is 8.73. The fraction of sp³-hybridized carbons (Fsp3) is 0.0204. The molecular formula is C49H37N5S2. The van der Waals surface area contributed by atoms with E-state index in [9.17, 15) is 0 Å². The van der Waals surface area contributed by atoms with Gasteiger partial charge in [0.1, 0.15) is 0 Å². The van der Waals surface area contributed by atoms with Gasteiger partial charge in [-0.1, -0.05) is 140 Å². The van der Waals surface area contributed by atoms with Gasteiger partial charge in [-0.15, -0.1) is 22.7 Å². The summed E-state index contributed by atoms with van der Waals surface area (Å²) in [4.78, 5) is 13.0. The van der Waals surface area contributed by atoms with Crippen molar-refractivity contribution in [3.63, 3.8) is 0 Å². The molecule has 0 unspecified atom stereocenters. The molecule has 3 aromatic heterocycles. The van der Waals surface area contributed by atoms with Gasteiger partial charge >= 0.3 is 0 Å². The maximum Gasteiger partial charge on any atom is 0.160 e. The molecule has 10 rings (SSSR count). The van der Waals surface area contributed by atoms with Gasteiger partial charge in [-0.25, -0.2) is 15.0 Å². The molecule has 0 saturated heterocycles. The third kappa shape index (κ3) is 7.86. The van der Waals surface area contributed by atoms with E-state index in [1.807, 2.05) is 78.1 Å². The Labute approximate surface area is 333 Å². The number of hydrogen-bond acceptors (Lipinski definition) is 6. The molecule has 0 spiro atoms. The van der Waals surface area contributed by atoms with Crippen LogP contribution in [0.1, 0.15) is 11.3 Å². The van der Waals surface area contributed by atoms with Gasteiger partial charge in [0, 0.05) is 52.8 Å². The minimum absolute atomic E-state index is 0.223. The second-order valence-corrected chi connectivity index (χ2v) is 15.1. The predicted octanol–water partition coefficient (Wildman–Crippen LogP) is 14.0. The number of hydrogen-bond donors (Lipinski definition) is 2. The molecule has 0 fully saturated rings. The van der Waals surface area contributed by atoms with Crippen LogP contribution in [0.5, 0.6) is 0 Å². The third-order valence-corrected chi connectivity index (χ3v) is 11.7. The van der Waals surface area contributed by atoms with Gasteiger partial charge in [-0.3, -0.25) is 5.41 Å². The summed E-state index contributed by atoms with van der Waals surface area (Å²) in [6, 6.07) is 62.1. The first-order valence-corrected chi connectivity index (χ1v) is 19.8. The van der Waals surface area contributed by atoms with Gasteiger partial charge in [0.25, 0.3) is 0 Å². The zero-order valence-corrected chi connectivity index (χ0v) is 32.3. The quantitative estimate of drug-likeness (QED) is 0.136. The van der Waals surface area contributed by atoms with E-state index in [1.165, 1.54) is 46.1 Å². The molecule has 0 aliphatic carbocycles. The van der Waals surface area contributed by atoms with E-state index in [0.29, 0.717) is 0 Å². The Morgan fingerprint density at radius 1 is 0.554 bits per heavy atom. The lowest BCUT2D eigenvalue weighted by atomic mass is 9.99. The number of fused-ring (bicyclic) bond motifs is 6. The van der Waals surface area contributed by atoms with Crippen molar-refractivity contribution in [1.82, 2.24) is 9.97 Å². The summed E-state index contributed by atoms with van der Waals surface area (Å²) >= 11 is 3.63. The summed E-state index contributed by atoms with van der Waals surface area (Å²) in [5, 5.41) is 14.6. The number of benzene rings is 7. The lowest BCUT2D eigenvalue weighted by molar-refractivity contribution is 1.17. The largest absolute Gasteiger partial charge is 0.356 e. The molecule has 0 aliphatic heterocycles. The van der Waals surface area contributed by atoms with Crippen molar-refractivity contribution in [2.24, 2.45) is 4.99 Å². The van der Waals surface area contributed by atoms with Crippen molar-refractivity contribution in [1.29, 1.82) is 5.41 Å². The van der Waals surface area contributed by atoms with Crippen LogP contribution >= 0.6 is 22.7 Å². The average Bonchev–Trinajstić information content (AvgIpc) is 3.84. The Bertz CT molecular complexity index is 2920. The standard InChI is InChI=1S/C24H17NS.C17H12N2S.C8H8N2/c1-2-7-18(8-3-1)25-19-15-13-17(14-16-19)20-10-6-12-23-24(20)21-9-4-5-11-22(21)26-23;1-11-16-15(13-9-5-6-10-14(13)20-16)19-17(18-11)12-7-3-2-4-8-12;1-10-8(9)7-5-3-2-4-6-7/h1-16,25H;2-10H,1H3;2-6,9H,1H2. The maximum atomic E-state index is 7.25. The van der Waals surface area contributed by atoms with Crippen LogP contribution in [0.15, 0.2) is 187 Å². The van der Waals surface area contributed by atoms with Gasteiger partial charge in [-0.2, -0.15) is 0 Å². The number of aromatic nitrogens is 2. The van der Waals surface area contributed by atoms with Crippen LogP contribution in [0.3, 0.4) is 0 Å². The molecule has 7 aromatic carbocycles. The van der Waals surface area contributed by atoms with Crippen molar-refractivity contribution in [3.8, 4) is 22.5 Å². The van der Waals surface area contributed by atoms with E-state index in [-0.39, 0.29) is 5.84 Å². The smallest absolute Gasteiger partial charge is 0.160 e. The molecule has 0 bridgehead atoms. The zero-order chi connectivity index (χ0) is 38.3. The van der Waals surface area contributed by atoms with Crippen molar-refractivity contribution in [2.75, 3.05) is 5.32 Å². The molecule has 3 heterocycles. The molecule has 0 radical (unpaired) electrons. The number of aryl methyl sites for hydroxylation is 1. The van der Waals surface area contributed by atoms with Crippen LogP contribution < -0.4 is 5.32 Å². The first-order valence-electron chi connectivity index (χ1n) is 18.2. The highest BCUT2D eigenvalue weighted by Gasteiger charge is 2.13. The average molecular weight is 760 g/mol. The lowest BCUT2D eigenvalue weighted by Crippen LogP contribution is -1.91. The molecule has 2 N–H and O–H groups in total. The molecule has 0 saturated carbocycles. The molecule has 270 valence electrons. The number of amidine groups is 1. The van der Waals surface area contributed by atoms with Gasteiger partial charge in [-0.05, 0) is 67.2 Å². The Morgan fingerprint density at radius 2 is 1.12 bits per heavy atom. The zero-order valence-electron chi connectivity index (χ0n) is 30.7. The normalized spacial score (nSPS) is 10.7. The maximum absolute atomic E-state index is 7.25. The summed E-state index contributed by atoms with van der Waals surface area (Å²) in [5.74, 6) is 1.03. The minimum Gasteiger partial charge on any atom is -0.356 e. The number of rotatable bonds is 5. The Kier molecular flexibility index (Phi) is 10.8. The first-order chi connectivity index (χ1) is 27.6. The SMILES string of the molecule is C=NC(=N)c1ccccc1.Cc1nc(-c2ccccc2)nc2c1sc1ccccc12.c1ccc(Nc2ccc(-c3cccc4sc5ccccc5c34)cc2)cc1. The van der Waals surface area contributed by atoms with Crippen molar-refractivity contribution < 1.29 is 0 Å². The number of para-hydroxylation sites is 1. The number of anilines is 2. The fourth-order valence-electron chi connectivity index (χ4n) is 6.57. The second-order valence-electron chi connectivity index (χ2n) is 13.0. The Hall–Kier alpha value is -6.80. The highest BCUT2D eigenvalue weighted by Crippen LogP contribution is 2.40. The fourth-order valence-corrected chi connectivity index (χ4v) is 8.79. The van der Waals surface area contributed by atoms with E-state index >= 15 is 0 Å².